The van der Waals surface area contributed by atoms with Crippen LogP contribution in [0.4, 0.5) is 25.8 Å². The lowest BCUT2D eigenvalue weighted by Gasteiger charge is -2.28. The molecule has 6 rings (SSSR count). The van der Waals surface area contributed by atoms with E-state index in [0.29, 0.717) is 5.69 Å². The fraction of sp³-hybridized carbons (Fsp3) is 0.0667. The molecule has 160 valence electrons. The van der Waals surface area contributed by atoms with Gasteiger partial charge in [-0.2, -0.15) is 0 Å². The zero-order valence-electron chi connectivity index (χ0n) is 18.4. The molecule has 0 spiro atoms. The Morgan fingerprint density at radius 1 is 0.545 bits per heavy atom. The molecule has 3 heteroatoms. The van der Waals surface area contributed by atoms with Gasteiger partial charge in [0.25, 0.3) is 0 Å². The Morgan fingerprint density at radius 2 is 1.09 bits per heavy atom. The van der Waals surface area contributed by atoms with Gasteiger partial charge in [-0.25, -0.2) is 8.78 Å². The molecule has 0 aliphatic carbocycles. The highest BCUT2D eigenvalue weighted by Gasteiger charge is 2.19. The number of anilines is 3. The molecule has 0 N–H and O–H groups in total. The van der Waals surface area contributed by atoms with Crippen molar-refractivity contribution in [1.82, 2.24) is 0 Å². The molecule has 1 nitrogen and oxygen atoms in total. The van der Waals surface area contributed by atoms with Crippen molar-refractivity contribution in [2.75, 3.05) is 4.90 Å². The maximum atomic E-state index is 14.4. The molecular formula is C30H21F2N. The highest BCUT2D eigenvalue weighted by molar-refractivity contribution is 6.25. The maximum absolute atomic E-state index is 14.4. The molecule has 0 unspecified atom stereocenters. The summed E-state index contributed by atoms with van der Waals surface area (Å²) in [5.41, 5.74) is 4.38. The second kappa shape index (κ2) is 7.28. The number of benzene rings is 6. The third kappa shape index (κ3) is 3.20. The van der Waals surface area contributed by atoms with Crippen LogP contribution < -0.4 is 4.90 Å². The zero-order valence-corrected chi connectivity index (χ0v) is 18.4. The van der Waals surface area contributed by atoms with Crippen LogP contribution in [0.5, 0.6) is 0 Å². The standard InChI is InChI=1S/C30H21F2N/c1-18-12-19(2)14-25(13-18)33(26-16-23(31)15-24(32)17-26)28-11-9-22-7-6-20-4-3-5-21-8-10-27(28)30(22)29(20)21/h3-17H,1-2H3. The zero-order chi connectivity index (χ0) is 22.7. The number of nitrogens with zero attached hydrogens (tertiary/aromatic N) is 1. The normalized spacial score (nSPS) is 11.6. The summed E-state index contributed by atoms with van der Waals surface area (Å²) >= 11 is 0. The smallest absolute Gasteiger partial charge is 0.128 e. The van der Waals surface area contributed by atoms with Crippen molar-refractivity contribution in [3.8, 4) is 0 Å². The van der Waals surface area contributed by atoms with Crippen molar-refractivity contribution in [2.45, 2.75) is 13.8 Å². The number of halogens is 2. The molecule has 0 amide bonds. The monoisotopic (exact) mass is 433 g/mol. The second-order valence-corrected chi connectivity index (χ2v) is 8.75. The quantitative estimate of drug-likeness (QED) is 0.252. The number of hydrogen-bond donors (Lipinski definition) is 0. The van der Waals surface area contributed by atoms with E-state index in [2.05, 4.69) is 54.6 Å². The Labute approximate surface area is 190 Å². The Bertz CT molecular complexity index is 1560. The molecule has 6 aromatic carbocycles. The maximum Gasteiger partial charge on any atom is 0.128 e. The third-order valence-corrected chi connectivity index (χ3v) is 6.32. The minimum absolute atomic E-state index is 0.451. The van der Waals surface area contributed by atoms with E-state index in [-0.39, 0.29) is 0 Å². The molecule has 0 bridgehead atoms. The highest BCUT2D eigenvalue weighted by atomic mass is 19.1. The average molecular weight is 434 g/mol. The summed E-state index contributed by atoms with van der Waals surface area (Å²) in [6.07, 6.45) is 0. The van der Waals surface area contributed by atoms with E-state index in [9.17, 15) is 8.78 Å². The fourth-order valence-corrected chi connectivity index (χ4v) is 5.09. The number of aryl methyl sites for hydroxylation is 2. The summed E-state index contributed by atoms with van der Waals surface area (Å²) in [6.45, 7) is 4.07. The van der Waals surface area contributed by atoms with E-state index in [0.717, 1.165) is 44.7 Å². The second-order valence-electron chi connectivity index (χ2n) is 8.75. The van der Waals surface area contributed by atoms with Crippen LogP contribution in [0.15, 0.2) is 91.0 Å². The van der Waals surface area contributed by atoms with Crippen LogP contribution in [-0.4, -0.2) is 0 Å². The van der Waals surface area contributed by atoms with Crippen LogP contribution in [0.1, 0.15) is 11.1 Å². The third-order valence-electron chi connectivity index (χ3n) is 6.32. The largest absolute Gasteiger partial charge is 0.310 e. The first-order valence-electron chi connectivity index (χ1n) is 11.0. The van der Waals surface area contributed by atoms with Crippen LogP contribution in [0.25, 0.3) is 32.3 Å². The van der Waals surface area contributed by atoms with Crippen molar-refractivity contribution in [2.24, 2.45) is 0 Å². The molecule has 0 atom stereocenters. The summed E-state index contributed by atoms with van der Waals surface area (Å²) in [6, 6.07) is 28.9. The molecule has 6 aromatic rings. The molecule has 0 fully saturated rings. The molecule has 0 radical (unpaired) electrons. The Hall–Kier alpha value is -3.98. The molecule has 0 aliphatic rings. The van der Waals surface area contributed by atoms with Gasteiger partial charge in [0.15, 0.2) is 0 Å². The molecule has 0 heterocycles. The van der Waals surface area contributed by atoms with Crippen LogP contribution in [0.2, 0.25) is 0 Å². The summed E-state index contributed by atoms with van der Waals surface area (Å²) < 4.78 is 28.7. The van der Waals surface area contributed by atoms with E-state index in [4.69, 9.17) is 0 Å². The van der Waals surface area contributed by atoms with Crippen molar-refractivity contribution >= 4 is 49.4 Å². The summed E-state index contributed by atoms with van der Waals surface area (Å²) in [7, 11) is 0. The van der Waals surface area contributed by atoms with E-state index >= 15 is 0 Å². The SMILES string of the molecule is Cc1cc(C)cc(N(c2cc(F)cc(F)c2)c2ccc3ccc4cccc5ccc2c3c45)c1. The lowest BCUT2D eigenvalue weighted by molar-refractivity contribution is 0.584. The molecule has 0 aliphatic heterocycles. The van der Waals surface area contributed by atoms with E-state index in [1.165, 1.54) is 28.3 Å². The van der Waals surface area contributed by atoms with E-state index < -0.39 is 11.6 Å². The Kier molecular flexibility index (Phi) is 4.34. The lowest BCUT2D eigenvalue weighted by Crippen LogP contribution is -2.12. The minimum atomic E-state index is -0.600. The fourth-order valence-electron chi connectivity index (χ4n) is 5.09. The molecule has 0 saturated heterocycles. The van der Waals surface area contributed by atoms with Gasteiger partial charge in [-0.15, -0.1) is 0 Å². The van der Waals surface area contributed by atoms with Gasteiger partial charge in [-0.3, -0.25) is 0 Å². The number of rotatable bonds is 3. The van der Waals surface area contributed by atoms with Crippen LogP contribution in [0, 0.1) is 25.5 Å². The van der Waals surface area contributed by atoms with Crippen LogP contribution >= 0.6 is 0 Å². The van der Waals surface area contributed by atoms with Gasteiger partial charge in [0.05, 0.1) is 11.4 Å². The van der Waals surface area contributed by atoms with Gasteiger partial charge >= 0.3 is 0 Å². The van der Waals surface area contributed by atoms with Crippen molar-refractivity contribution in [3.63, 3.8) is 0 Å². The summed E-state index contributed by atoms with van der Waals surface area (Å²) in [5, 5.41) is 6.91. The molecule has 0 aromatic heterocycles. The highest BCUT2D eigenvalue weighted by Crippen LogP contribution is 2.44. The molecule has 0 saturated carbocycles. The van der Waals surface area contributed by atoms with E-state index in [1.54, 1.807) is 0 Å². The minimum Gasteiger partial charge on any atom is -0.310 e. The van der Waals surface area contributed by atoms with E-state index in [1.807, 2.05) is 36.9 Å². The van der Waals surface area contributed by atoms with Crippen LogP contribution in [-0.2, 0) is 0 Å². The van der Waals surface area contributed by atoms with Crippen molar-refractivity contribution in [1.29, 1.82) is 0 Å². The molecular weight excluding hydrogens is 412 g/mol. The van der Waals surface area contributed by atoms with Gasteiger partial charge in [-0.1, -0.05) is 54.6 Å². The van der Waals surface area contributed by atoms with Gasteiger partial charge in [0, 0.05) is 17.1 Å². The predicted molar refractivity (Wildman–Crippen MR) is 134 cm³/mol. The topological polar surface area (TPSA) is 3.24 Å². The van der Waals surface area contributed by atoms with Gasteiger partial charge < -0.3 is 4.90 Å². The predicted octanol–water partition coefficient (Wildman–Crippen LogP) is 8.95. The summed E-state index contributed by atoms with van der Waals surface area (Å²) in [4.78, 5) is 1.96. The molecule has 33 heavy (non-hydrogen) atoms. The van der Waals surface area contributed by atoms with Crippen molar-refractivity contribution in [3.05, 3.63) is 114 Å². The van der Waals surface area contributed by atoms with Gasteiger partial charge in [-0.05, 0) is 82.2 Å². The lowest BCUT2D eigenvalue weighted by atomic mass is 9.93. The number of hydrogen-bond acceptors (Lipinski definition) is 1. The first-order valence-corrected chi connectivity index (χ1v) is 11.0. The van der Waals surface area contributed by atoms with Gasteiger partial charge in [0.1, 0.15) is 11.6 Å². The Morgan fingerprint density at radius 3 is 1.76 bits per heavy atom. The Balaban J connectivity index is 1.73. The summed E-state index contributed by atoms with van der Waals surface area (Å²) in [5.74, 6) is -1.20. The first kappa shape index (κ1) is 19.7. The van der Waals surface area contributed by atoms with Crippen molar-refractivity contribution < 1.29 is 8.78 Å². The van der Waals surface area contributed by atoms with Gasteiger partial charge in [0.2, 0.25) is 0 Å². The first-order chi connectivity index (χ1) is 16.0. The average Bonchev–Trinajstić information content (AvgIpc) is 2.77. The van der Waals surface area contributed by atoms with Crippen LogP contribution in [0.3, 0.4) is 0 Å².